The van der Waals surface area contributed by atoms with Gasteiger partial charge in [-0.2, -0.15) is 0 Å². The van der Waals surface area contributed by atoms with E-state index in [9.17, 15) is 4.79 Å². The van der Waals surface area contributed by atoms with Crippen molar-refractivity contribution in [1.29, 1.82) is 0 Å². The Morgan fingerprint density at radius 3 is 2.50 bits per heavy atom. The molecule has 0 bridgehead atoms. The largest absolute Gasteiger partial charge is 0.496 e. The van der Waals surface area contributed by atoms with E-state index in [4.69, 9.17) is 15.2 Å². The molecule has 0 fully saturated rings. The molecule has 4 nitrogen and oxygen atoms in total. The van der Waals surface area contributed by atoms with Gasteiger partial charge in [0.05, 0.1) is 20.6 Å². The highest BCUT2D eigenvalue weighted by Crippen LogP contribution is 2.27. The van der Waals surface area contributed by atoms with Crippen molar-refractivity contribution in [3.63, 3.8) is 0 Å². The van der Waals surface area contributed by atoms with Crippen LogP contribution in [0.3, 0.4) is 0 Å². The number of hydrogen-bond acceptors (Lipinski definition) is 4. The maximum atomic E-state index is 11.4. The minimum Gasteiger partial charge on any atom is -0.496 e. The van der Waals surface area contributed by atoms with Crippen molar-refractivity contribution < 1.29 is 14.3 Å². The van der Waals surface area contributed by atoms with E-state index in [2.05, 4.69) is 0 Å². The van der Waals surface area contributed by atoms with E-state index < -0.39 is 0 Å². The Morgan fingerprint density at radius 2 is 2.06 bits per heavy atom. The zero-order chi connectivity index (χ0) is 13.7. The third-order valence-corrected chi connectivity index (χ3v) is 3.10. The summed E-state index contributed by atoms with van der Waals surface area (Å²) in [7, 11) is 3.03. The number of methoxy groups -OCH3 is 2. The molecule has 0 aromatic heterocycles. The van der Waals surface area contributed by atoms with Crippen LogP contribution in [0.5, 0.6) is 5.75 Å². The van der Waals surface area contributed by atoms with E-state index >= 15 is 0 Å². The van der Waals surface area contributed by atoms with Crippen LogP contribution in [0.25, 0.3) is 0 Å². The molecule has 2 unspecified atom stereocenters. The Hall–Kier alpha value is -1.55. The molecule has 0 spiro atoms. The summed E-state index contributed by atoms with van der Waals surface area (Å²) in [5, 5.41) is 0. The van der Waals surface area contributed by atoms with Gasteiger partial charge in [-0.05, 0) is 31.0 Å². The second-order valence-electron chi connectivity index (χ2n) is 4.47. The maximum Gasteiger partial charge on any atom is 0.306 e. The standard InChI is InChI=1S/C14H21NO3/c1-9-7-11(5-6-13(9)17-3)12(10(2)15)8-14(16)18-4/h5-7,10,12H,8,15H2,1-4H3. The SMILES string of the molecule is COC(=O)CC(c1ccc(OC)c(C)c1)C(C)N. The summed E-state index contributed by atoms with van der Waals surface area (Å²) in [6.07, 6.45) is 0.292. The molecular formula is C14H21NO3. The third kappa shape index (κ3) is 3.47. The summed E-state index contributed by atoms with van der Waals surface area (Å²) < 4.78 is 9.93. The molecule has 0 amide bonds. The van der Waals surface area contributed by atoms with Crippen LogP contribution in [0.1, 0.15) is 30.4 Å². The molecule has 4 heteroatoms. The molecule has 0 aliphatic heterocycles. The van der Waals surface area contributed by atoms with Crippen LogP contribution in [-0.2, 0) is 9.53 Å². The molecular weight excluding hydrogens is 230 g/mol. The van der Waals surface area contributed by atoms with Crippen molar-refractivity contribution in [2.24, 2.45) is 5.73 Å². The van der Waals surface area contributed by atoms with Gasteiger partial charge >= 0.3 is 5.97 Å². The zero-order valence-electron chi connectivity index (χ0n) is 11.4. The van der Waals surface area contributed by atoms with Crippen LogP contribution in [-0.4, -0.2) is 26.2 Å². The zero-order valence-corrected chi connectivity index (χ0v) is 11.4. The number of hydrogen-bond donors (Lipinski definition) is 1. The maximum absolute atomic E-state index is 11.4. The van der Waals surface area contributed by atoms with Gasteiger partial charge in [0.15, 0.2) is 0 Å². The first kappa shape index (κ1) is 14.5. The molecule has 1 rings (SSSR count). The van der Waals surface area contributed by atoms with Crippen molar-refractivity contribution >= 4 is 5.97 Å². The molecule has 2 N–H and O–H groups in total. The molecule has 0 saturated heterocycles. The Balaban J connectivity index is 2.99. The van der Waals surface area contributed by atoms with Crippen molar-refractivity contribution in [3.8, 4) is 5.75 Å². The first-order valence-corrected chi connectivity index (χ1v) is 5.96. The quantitative estimate of drug-likeness (QED) is 0.813. The van der Waals surface area contributed by atoms with Gasteiger partial charge in [0.25, 0.3) is 0 Å². The third-order valence-electron chi connectivity index (χ3n) is 3.10. The predicted octanol–water partition coefficient (Wildman–Crippen LogP) is 2.00. The lowest BCUT2D eigenvalue weighted by Gasteiger charge is -2.21. The minimum absolute atomic E-state index is 0.0398. The Bertz CT molecular complexity index is 416. The number of benzene rings is 1. The van der Waals surface area contributed by atoms with Crippen molar-refractivity contribution in [2.75, 3.05) is 14.2 Å². The number of rotatable bonds is 5. The van der Waals surface area contributed by atoms with Crippen molar-refractivity contribution in [3.05, 3.63) is 29.3 Å². The van der Waals surface area contributed by atoms with E-state index in [0.29, 0.717) is 6.42 Å². The van der Waals surface area contributed by atoms with Gasteiger partial charge in [-0.15, -0.1) is 0 Å². The van der Waals surface area contributed by atoms with Gasteiger partial charge in [0, 0.05) is 12.0 Å². The molecule has 0 aliphatic carbocycles. The van der Waals surface area contributed by atoms with Crippen LogP contribution in [0.2, 0.25) is 0 Å². The molecule has 0 radical (unpaired) electrons. The fourth-order valence-electron chi connectivity index (χ4n) is 2.00. The first-order valence-electron chi connectivity index (χ1n) is 5.96. The van der Waals surface area contributed by atoms with Gasteiger partial charge in [-0.3, -0.25) is 4.79 Å². The fourth-order valence-corrected chi connectivity index (χ4v) is 2.00. The number of carbonyl (C=O) groups excluding carboxylic acids is 1. The smallest absolute Gasteiger partial charge is 0.306 e. The number of carbonyl (C=O) groups is 1. The van der Waals surface area contributed by atoms with Crippen LogP contribution < -0.4 is 10.5 Å². The lowest BCUT2D eigenvalue weighted by molar-refractivity contribution is -0.141. The second-order valence-corrected chi connectivity index (χ2v) is 4.47. The highest BCUT2D eigenvalue weighted by Gasteiger charge is 2.21. The molecule has 0 saturated carbocycles. The lowest BCUT2D eigenvalue weighted by Crippen LogP contribution is -2.27. The van der Waals surface area contributed by atoms with Crippen LogP contribution in [0.15, 0.2) is 18.2 Å². The molecule has 1 aromatic rings. The van der Waals surface area contributed by atoms with E-state index in [1.165, 1.54) is 7.11 Å². The molecule has 0 heterocycles. The number of nitrogens with two attached hydrogens (primary N) is 1. The molecule has 1 aromatic carbocycles. The Kier molecular flexibility index (Phi) is 5.16. The Morgan fingerprint density at radius 1 is 1.39 bits per heavy atom. The molecule has 0 aliphatic rings. The van der Waals surface area contributed by atoms with Crippen LogP contribution in [0.4, 0.5) is 0 Å². The predicted molar refractivity (Wildman–Crippen MR) is 70.8 cm³/mol. The summed E-state index contributed by atoms with van der Waals surface area (Å²) in [5.41, 5.74) is 8.02. The number of esters is 1. The average molecular weight is 251 g/mol. The van der Waals surface area contributed by atoms with Gasteiger partial charge in [0.2, 0.25) is 0 Å². The summed E-state index contributed by atoms with van der Waals surface area (Å²) in [6, 6.07) is 5.74. The number of ether oxygens (including phenoxy) is 2. The van der Waals surface area contributed by atoms with Gasteiger partial charge in [0.1, 0.15) is 5.75 Å². The van der Waals surface area contributed by atoms with Gasteiger partial charge in [-0.1, -0.05) is 12.1 Å². The van der Waals surface area contributed by atoms with E-state index in [1.807, 2.05) is 32.0 Å². The Labute approximate surface area is 108 Å². The first-order chi connectivity index (χ1) is 8.49. The highest BCUT2D eigenvalue weighted by atomic mass is 16.5. The number of aryl methyl sites for hydroxylation is 1. The average Bonchev–Trinajstić information content (AvgIpc) is 2.35. The molecule has 18 heavy (non-hydrogen) atoms. The monoisotopic (exact) mass is 251 g/mol. The second kappa shape index (κ2) is 6.40. The minimum atomic E-state index is -0.245. The summed E-state index contributed by atoms with van der Waals surface area (Å²) in [5.74, 6) is 0.549. The lowest BCUT2D eigenvalue weighted by atomic mass is 9.89. The van der Waals surface area contributed by atoms with Crippen LogP contribution in [0, 0.1) is 6.92 Å². The summed E-state index contributed by atoms with van der Waals surface area (Å²) in [6.45, 7) is 3.87. The van der Waals surface area contributed by atoms with E-state index in [0.717, 1.165) is 16.9 Å². The van der Waals surface area contributed by atoms with Gasteiger partial charge in [-0.25, -0.2) is 0 Å². The van der Waals surface area contributed by atoms with E-state index in [-0.39, 0.29) is 17.9 Å². The van der Waals surface area contributed by atoms with Crippen molar-refractivity contribution in [2.45, 2.75) is 32.2 Å². The molecule has 100 valence electrons. The van der Waals surface area contributed by atoms with Crippen molar-refractivity contribution in [1.82, 2.24) is 0 Å². The summed E-state index contributed by atoms with van der Waals surface area (Å²) in [4.78, 5) is 11.4. The fraction of sp³-hybridized carbons (Fsp3) is 0.500. The topological polar surface area (TPSA) is 61.5 Å². The van der Waals surface area contributed by atoms with E-state index in [1.54, 1.807) is 7.11 Å². The summed E-state index contributed by atoms with van der Waals surface area (Å²) >= 11 is 0. The van der Waals surface area contributed by atoms with Gasteiger partial charge < -0.3 is 15.2 Å². The van der Waals surface area contributed by atoms with Crippen LogP contribution >= 0.6 is 0 Å². The highest BCUT2D eigenvalue weighted by molar-refractivity contribution is 5.70. The normalized spacial score (nSPS) is 13.8. The molecule has 2 atom stereocenters.